The average molecular weight is 464 g/mol. The summed E-state index contributed by atoms with van der Waals surface area (Å²) >= 11 is 0. The first-order valence-corrected chi connectivity index (χ1v) is 11.9. The number of carbonyl (C=O) groups is 2. The number of hydrogen-bond acceptors (Lipinski definition) is 4. The molecule has 0 unspecified atom stereocenters. The zero-order valence-corrected chi connectivity index (χ0v) is 21.0. The minimum absolute atomic E-state index is 0.0617. The van der Waals surface area contributed by atoms with Crippen molar-refractivity contribution in [3.63, 3.8) is 0 Å². The predicted octanol–water partition coefficient (Wildman–Crippen LogP) is 3.36. The largest absolute Gasteiger partial charge is 0.358 e. The van der Waals surface area contributed by atoms with E-state index in [-0.39, 0.29) is 18.4 Å². The Kier molecular flexibility index (Phi) is 8.45. The lowest BCUT2D eigenvalue weighted by Gasteiger charge is -2.36. The van der Waals surface area contributed by atoms with E-state index < -0.39 is 0 Å². The van der Waals surface area contributed by atoms with Gasteiger partial charge in [-0.25, -0.2) is 4.99 Å². The molecule has 3 rings (SSSR count). The fourth-order valence-electron chi connectivity index (χ4n) is 4.63. The van der Waals surface area contributed by atoms with Crippen molar-refractivity contribution in [2.45, 2.75) is 34.2 Å². The number of allylic oxidation sites excluding steroid dienone is 3. The van der Waals surface area contributed by atoms with Gasteiger partial charge in [0.25, 0.3) is 5.91 Å². The van der Waals surface area contributed by atoms with E-state index in [1.807, 2.05) is 32.9 Å². The van der Waals surface area contributed by atoms with Crippen LogP contribution < -0.4 is 0 Å². The number of carbonyl (C=O) groups excluding carboxylic acids is 2. The fourth-order valence-corrected chi connectivity index (χ4v) is 4.63. The van der Waals surface area contributed by atoms with Gasteiger partial charge in [-0.05, 0) is 56.5 Å². The summed E-state index contributed by atoms with van der Waals surface area (Å²) in [5.41, 5.74) is 4.84. The molecule has 1 aromatic rings. The van der Waals surface area contributed by atoms with Crippen LogP contribution in [0.15, 0.2) is 54.3 Å². The van der Waals surface area contributed by atoms with Gasteiger partial charge in [0.05, 0.1) is 0 Å². The average Bonchev–Trinajstić information content (AvgIpc) is 2.81. The van der Waals surface area contributed by atoms with Crippen LogP contribution in [-0.2, 0) is 11.3 Å². The Balaban J connectivity index is 1.69. The van der Waals surface area contributed by atoms with Gasteiger partial charge in [0, 0.05) is 63.3 Å². The van der Waals surface area contributed by atoms with Crippen molar-refractivity contribution in [1.29, 1.82) is 0 Å². The third-order valence-electron chi connectivity index (χ3n) is 6.71. The molecule has 0 saturated carbocycles. The van der Waals surface area contributed by atoms with Gasteiger partial charge in [-0.3, -0.25) is 14.5 Å². The fraction of sp³-hybridized carbons (Fsp3) is 0.444. The molecule has 2 saturated heterocycles. The maximum Gasteiger partial charge on any atom is 0.254 e. The molecule has 1 aromatic carbocycles. The number of piperazine rings is 2. The number of hydrogen-bond donors (Lipinski definition) is 0. The van der Waals surface area contributed by atoms with E-state index in [9.17, 15) is 9.59 Å². The number of rotatable bonds is 6. The van der Waals surface area contributed by atoms with Gasteiger partial charge >= 0.3 is 0 Å². The van der Waals surface area contributed by atoms with Crippen LogP contribution in [0.1, 0.15) is 40.9 Å². The Morgan fingerprint density at radius 2 is 1.68 bits per heavy atom. The van der Waals surface area contributed by atoms with Gasteiger partial charge in [-0.2, -0.15) is 0 Å². The second-order valence-electron chi connectivity index (χ2n) is 9.03. The van der Waals surface area contributed by atoms with Gasteiger partial charge in [-0.1, -0.05) is 25.3 Å². The van der Waals surface area contributed by atoms with Crippen LogP contribution in [0.3, 0.4) is 0 Å². The standard InChI is InChI=1S/C27H37N5O2/c1-7-9-22(5)32-15-14-31(19-26(32)33)27(34)25-17-24(20(3)16-21(25)4)18-29-10-12-30(13-11-29)23(6)28-8-2/h7-9,16-17H,1-2,10-15,18-19H2,3-6H3/b22-9+,28-23?. The molecule has 2 aliphatic heterocycles. The summed E-state index contributed by atoms with van der Waals surface area (Å²) < 4.78 is 0. The van der Waals surface area contributed by atoms with Crippen molar-refractivity contribution in [1.82, 2.24) is 19.6 Å². The first-order chi connectivity index (χ1) is 16.2. The molecule has 0 bridgehead atoms. The Labute approximate surface area is 203 Å². The molecule has 2 aliphatic rings. The number of aliphatic imine (C=N–C) groups is 1. The number of aryl methyl sites for hydroxylation is 2. The Morgan fingerprint density at radius 1 is 1.00 bits per heavy atom. The third kappa shape index (κ3) is 5.83. The van der Waals surface area contributed by atoms with Crippen LogP contribution >= 0.6 is 0 Å². The topological polar surface area (TPSA) is 59.5 Å². The molecule has 7 heteroatoms. The molecule has 2 heterocycles. The second kappa shape index (κ2) is 11.3. The maximum absolute atomic E-state index is 13.4. The smallest absolute Gasteiger partial charge is 0.254 e. The van der Waals surface area contributed by atoms with Crippen LogP contribution in [-0.4, -0.2) is 83.1 Å². The lowest BCUT2D eigenvalue weighted by atomic mass is 9.98. The van der Waals surface area contributed by atoms with E-state index in [4.69, 9.17) is 0 Å². The monoisotopic (exact) mass is 463 g/mol. The van der Waals surface area contributed by atoms with Crippen molar-refractivity contribution in [2.75, 3.05) is 45.8 Å². The molecule has 0 aliphatic carbocycles. The summed E-state index contributed by atoms with van der Waals surface area (Å²) in [5, 5.41) is 0. The summed E-state index contributed by atoms with van der Waals surface area (Å²) in [6.07, 6.45) is 5.08. The SMILES string of the molecule is C=C/C=C(\C)N1CCN(C(=O)c2cc(CN3CCN(C(C)=NC=C)CC3)c(C)cc2C)CC1=O. The Hall–Kier alpha value is -3.19. The van der Waals surface area contributed by atoms with E-state index in [2.05, 4.69) is 40.9 Å². The van der Waals surface area contributed by atoms with E-state index in [0.29, 0.717) is 18.7 Å². The summed E-state index contributed by atoms with van der Waals surface area (Å²) in [5.74, 6) is 0.866. The lowest BCUT2D eigenvalue weighted by Crippen LogP contribution is -2.51. The van der Waals surface area contributed by atoms with Crippen LogP contribution in [0.25, 0.3) is 0 Å². The van der Waals surface area contributed by atoms with E-state index in [1.165, 1.54) is 5.56 Å². The van der Waals surface area contributed by atoms with Crippen LogP contribution in [0.5, 0.6) is 0 Å². The highest BCUT2D eigenvalue weighted by molar-refractivity contribution is 5.98. The minimum atomic E-state index is -0.0711. The Morgan fingerprint density at radius 3 is 2.29 bits per heavy atom. The molecule has 7 nitrogen and oxygen atoms in total. The molecule has 0 radical (unpaired) electrons. The molecule has 0 atom stereocenters. The van der Waals surface area contributed by atoms with Crippen molar-refractivity contribution >= 4 is 17.6 Å². The number of amides is 2. The highest BCUT2D eigenvalue weighted by Crippen LogP contribution is 2.22. The van der Waals surface area contributed by atoms with Gasteiger partial charge in [0.15, 0.2) is 0 Å². The molecule has 0 aromatic heterocycles. The predicted molar refractivity (Wildman–Crippen MR) is 138 cm³/mol. The highest BCUT2D eigenvalue weighted by atomic mass is 16.2. The summed E-state index contributed by atoms with van der Waals surface area (Å²) in [4.78, 5) is 38.4. The van der Waals surface area contributed by atoms with Crippen molar-refractivity contribution in [3.8, 4) is 0 Å². The van der Waals surface area contributed by atoms with Crippen LogP contribution in [0, 0.1) is 13.8 Å². The zero-order chi connectivity index (χ0) is 24.8. The van der Waals surface area contributed by atoms with Crippen molar-refractivity contribution in [2.24, 2.45) is 4.99 Å². The summed E-state index contributed by atoms with van der Waals surface area (Å²) in [6.45, 7) is 21.0. The summed E-state index contributed by atoms with van der Waals surface area (Å²) in [7, 11) is 0. The molecular weight excluding hydrogens is 426 g/mol. The molecular formula is C27H37N5O2. The van der Waals surface area contributed by atoms with Crippen LogP contribution in [0.4, 0.5) is 0 Å². The first kappa shape index (κ1) is 25.4. The molecule has 2 amide bonds. The van der Waals surface area contributed by atoms with Gasteiger partial charge < -0.3 is 14.7 Å². The zero-order valence-electron chi connectivity index (χ0n) is 21.0. The highest BCUT2D eigenvalue weighted by Gasteiger charge is 2.29. The van der Waals surface area contributed by atoms with Gasteiger partial charge in [-0.15, -0.1) is 0 Å². The molecule has 0 spiro atoms. The van der Waals surface area contributed by atoms with Crippen molar-refractivity contribution < 1.29 is 9.59 Å². The van der Waals surface area contributed by atoms with E-state index in [1.54, 1.807) is 22.1 Å². The van der Waals surface area contributed by atoms with Gasteiger partial charge in [0.2, 0.25) is 5.91 Å². The molecule has 182 valence electrons. The van der Waals surface area contributed by atoms with Crippen molar-refractivity contribution in [3.05, 3.63) is 71.6 Å². The molecule has 2 fully saturated rings. The van der Waals surface area contributed by atoms with E-state index in [0.717, 1.165) is 55.4 Å². The maximum atomic E-state index is 13.4. The third-order valence-corrected chi connectivity index (χ3v) is 6.71. The molecule has 34 heavy (non-hydrogen) atoms. The number of benzene rings is 1. The van der Waals surface area contributed by atoms with Crippen LogP contribution in [0.2, 0.25) is 0 Å². The van der Waals surface area contributed by atoms with E-state index >= 15 is 0 Å². The van der Waals surface area contributed by atoms with Gasteiger partial charge in [0.1, 0.15) is 12.4 Å². The molecule has 0 N–H and O–H groups in total. The lowest BCUT2D eigenvalue weighted by molar-refractivity contribution is -0.132. The number of amidine groups is 1. The Bertz CT molecular complexity index is 1020. The normalized spacial score (nSPS) is 18.4. The quantitative estimate of drug-likeness (QED) is 0.369. The number of nitrogens with zero attached hydrogens (tertiary/aromatic N) is 5. The first-order valence-electron chi connectivity index (χ1n) is 11.9. The second-order valence-corrected chi connectivity index (χ2v) is 9.03. The minimum Gasteiger partial charge on any atom is -0.358 e. The summed E-state index contributed by atoms with van der Waals surface area (Å²) in [6, 6.07) is 4.12.